The predicted molar refractivity (Wildman–Crippen MR) is 41.8 cm³/mol. The first kappa shape index (κ1) is 7.76. The highest BCUT2D eigenvalue weighted by molar-refractivity contribution is 4.97. The summed E-state index contributed by atoms with van der Waals surface area (Å²) in [7, 11) is 0. The zero-order chi connectivity index (χ0) is 7.23. The zero-order valence-corrected chi connectivity index (χ0v) is 6.47. The Morgan fingerprint density at radius 3 is 3.20 bits per heavy atom. The van der Waals surface area contributed by atoms with Crippen molar-refractivity contribution >= 4 is 0 Å². The third kappa shape index (κ3) is 2.50. The molecule has 58 valence electrons. The Kier molecular flexibility index (Phi) is 3.47. The summed E-state index contributed by atoms with van der Waals surface area (Å²) in [6, 6.07) is 0. The maximum absolute atomic E-state index is 5.45. The second-order valence-electron chi connectivity index (χ2n) is 2.48. The van der Waals surface area contributed by atoms with Crippen LogP contribution in [0.1, 0.15) is 19.8 Å². The normalized spacial score (nSPS) is 23.9. The van der Waals surface area contributed by atoms with Gasteiger partial charge in [0, 0.05) is 13.2 Å². The molecule has 0 radical (unpaired) electrons. The van der Waals surface area contributed by atoms with Gasteiger partial charge in [0.1, 0.15) is 6.23 Å². The number of hydrogen-bond acceptors (Lipinski definition) is 2. The van der Waals surface area contributed by atoms with Gasteiger partial charge in [0.25, 0.3) is 0 Å². The average molecular weight is 141 g/mol. The minimum atomic E-state index is 0.187. The molecule has 0 aromatic heterocycles. The standard InChI is InChI=1S/C8H15NO/c1-2-3-7-10-8-5-4-6-9-8/h4-5,8-9H,2-3,6-7H2,1H3. The molecule has 2 heteroatoms. The fourth-order valence-corrected chi connectivity index (χ4v) is 0.913. The van der Waals surface area contributed by atoms with E-state index in [-0.39, 0.29) is 6.23 Å². The lowest BCUT2D eigenvalue weighted by Gasteiger charge is -2.09. The summed E-state index contributed by atoms with van der Waals surface area (Å²) < 4.78 is 5.45. The van der Waals surface area contributed by atoms with Crippen LogP contribution in [0, 0.1) is 0 Å². The highest BCUT2D eigenvalue weighted by atomic mass is 16.5. The van der Waals surface area contributed by atoms with Gasteiger partial charge in [-0.05, 0) is 12.5 Å². The molecule has 1 unspecified atom stereocenters. The summed E-state index contributed by atoms with van der Waals surface area (Å²) in [4.78, 5) is 0. The van der Waals surface area contributed by atoms with Gasteiger partial charge in [0.2, 0.25) is 0 Å². The van der Waals surface area contributed by atoms with E-state index in [1.165, 1.54) is 6.42 Å². The highest BCUT2D eigenvalue weighted by Crippen LogP contribution is 1.98. The van der Waals surface area contributed by atoms with E-state index in [4.69, 9.17) is 4.74 Å². The van der Waals surface area contributed by atoms with Crippen LogP contribution >= 0.6 is 0 Å². The topological polar surface area (TPSA) is 21.3 Å². The van der Waals surface area contributed by atoms with E-state index in [0.29, 0.717) is 0 Å². The van der Waals surface area contributed by atoms with E-state index in [1.54, 1.807) is 0 Å². The molecule has 2 nitrogen and oxygen atoms in total. The SMILES string of the molecule is CCCCOC1C=CCN1. The summed E-state index contributed by atoms with van der Waals surface area (Å²) in [5, 5.41) is 3.18. The van der Waals surface area contributed by atoms with Crippen molar-refractivity contribution < 1.29 is 4.74 Å². The number of unbranched alkanes of at least 4 members (excludes halogenated alkanes) is 1. The molecule has 1 aliphatic heterocycles. The second-order valence-corrected chi connectivity index (χ2v) is 2.48. The van der Waals surface area contributed by atoms with Gasteiger partial charge in [-0.2, -0.15) is 0 Å². The second kappa shape index (κ2) is 4.47. The van der Waals surface area contributed by atoms with Crippen molar-refractivity contribution in [1.29, 1.82) is 0 Å². The number of nitrogens with one attached hydrogen (secondary N) is 1. The molecule has 10 heavy (non-hydrogen) atoms. The quantitative estimate of drug-likeness (QED) is 0.470. The summed E-state index contributed by atoms with van der Waals surface area (Å²) in [5.41, 5.74) is 0. The van der Waals surface area contributed by atoms with Crippen molar-refractivity contribution in [2.24, 2.45) is 0 Å². The Balaban J connectivity index is 1.97. The minimum Gasteiger partial charge on any atom is -0.360 e. The Bertz CT molecular complexity index is 112. The van der Waals surface area contributed by atoms with Crippen LogP contribution in [0.3, 0.4) is 0 Å². The molecule has 1 N–H and O–H groups in total. The van der Waals surface area contributed by atoms with E-state index in [2.05, 4.69) is 24.4 Å². The number of ether oxygens (including phenoxy) is 1. The summed E-state index contributed by atoms with van der Waals surface area (Å²) >= 11 is 0. The zero-order valence-electron chi connectivity index (χ0n) is 6.47. The van der Waals surface area contributed by atoms with E-state index in [0.717, 1.165) is 19.6 Å². The first-order valence-electron chi connectivity index (χ1n) is 3.95. The third-order valence-electron chi connectivity index (χ3n) is 1.54. The monoisotopic (exact) mass is 141 g/mol. The highest BCUT2D eigenvalue weighted by Gasteiger charge is 2.05. The van der Waals surface area contributed by atoms with Crippen molar-refractivity contribution in [2.45, 2.75) is 26.0 Å². The molecule has 1 heterocycles. The molecule has 0 aliphatic carbocycles. The van der Waals surface area contributed by atoms with Crippen molar-refractivity contribution in [2.75, 3.05) is 13.2 Å². The summed E-state index contributed by atoms with van der Waals surface area (Å²) in [6.45, 7) is 4.00. The Morgan fingerprint density at radius 1 is 1.70 bits per heavy atom. The van der Waals surface area contributed by atoms with Crippen LogP contribution in [-0.2, 0) is 4.74 Å². The van der Waals surface area contributed by atoms with Crippen LogP contribution < -0.4 is 5.32 Å². The first-order chi connectivity index (χ1) is 4.93. The Hall–Kier alpha value is -0.340. The van der Waals surface area contributed by atoms with Crippen LogP contribution in [0.4, 0.5) is 0 Å². The van der Waals surface area contributed by atoms with E-state index < -0.39 is 0 Å². The molecule has 0 saturated heterocycles. The maximum Gasteiger partial charge on any atom is 0.127 e. The average Bonchev–Trinajstić information content (AvgIpc) is 2.41. The fraction of sp³-hybridized carbons (Fsp3) is 0.750. The molecule has 0 amide bonds. The van der Waals surface area contributed by atoms with Crippen molar-refractivity contribution in [1.82, 2.24) is 5.32 Å². The molecule has 1 aliphatic rings. The van der Waals surface area contributed by atoms with Gasteiger partial charge in [-0.3, -0.25) is 5.32 Å². The Morgan fingerprint density at radius 2 is 2.60 bits per heavy atom. The smallest absolute Gasteiger partial charge is 0.127 e. The molecule has 0 spiro atoms. The van der Waals surface area contributed by atoms with Gasteiger partial charge in [-0.15, -0.1) is 0 Å². The Labute approximate surface area is 62.3 Å². The number of hydrogen-bond donors (Lipinski definition) is 1. The molecular formula is C8H15NO. The van der Waals surface area contributed by atoms with Crippen LogP contribution in [0.2, 0.25) is 0 Å². The molecule has 0 bridgehead atoms. The van der Waals surface area contributed by atoms with Gasteiger partial charge in [-0.1, -0.05) is 19.4 Å². The van der Waals surface area contributed by atoms with Crippen molar-refractivity contribution in [3.63, 3.8) is 0 Å². The summed E-state index contributed by atoms with van der Waals surface area (Å²) in [5.74, 6) is 0. The van der Waals surface area contributed by atoms with Crippen molar-refractivity contribution in [3.05, 3.63) is 12.2 Å². The lowest BCUT2D eigenvalue weighted by molar-refractivity contribution is 0.0684. The molecule has 1 rings (SSSR count). The number of rotatable bonds is 4. The van der Waals surface area contributed by atoms with Gasteiger partial charge in [0.15, 0.2) is 0 Å². The molecular weight excluding hydrogens is 126 g/mol. The van der Waals surface area contributed by atoms with Gasteiger partial charge in [-0.25, -0.2) is 0 Å². The van der Waals surface area contributed by atoms with Gasteiger partial charge in [0.05, 0.1) is 0 Å². The van der Waals surface area contributed by atoms with Crippen LogP contribution in [-0.4, -0.2) is 19.4 Å². The predicted octanol–water partition coefficient (Wildman–Crippen LogP) is 1.29. The molecule has 0 aromatic rings. The first-order valence-corrected chi connectivity index (χ1v) is 3.95. The molecule has 0 fully saturated rings. The summed E-state index contributed by atoms with van der Waals surface area (Å²) in [6.07, 6.45) is 6.71. The molecule has 1 atom stereocenters. The van der Waals surface area contributed by atoms with Crippen molar-refractivity contribution in [3.8, 4) is 0 Å². The minimum absolute atomic E-state index is 0.187. The van der Waals surface area contributed by atoms with E-state index >= 15 is 0 Å². The molecule has 0 saturated carbocycles. The largest absolute Gasteiger partial charge is 0.360 e. The fourth-order valence-electron chi connectivity index (χ4n) is 0.913. The molecule has 0 aromatic carbocycles. The van der Waals surface area contributed by atoms with Crippen LogP contribution in [0.25, 0.3) is 0 Å². The van der Waals surface area contributed by atoms with Crippen LogP contribution in [0.5, 0.6) is 0 Å². The lowest BCUT2D eigenvalue weighted by atomic mass is 10.4. The maximum atomic E-state index is 5.45. The van der Waals surface area contributed by atoms with Crippen LogP contribution in [0.15, 0.2) is 12.2 Å². The van der Waals surface area contributed by atoms with E-state index in [9.17, 15) is 0 Å². The van der Waals surface area contributed by atoms with Gasteiger partial charge >= 0.3 is 0 Å². The van der Waals surface area contributed by atoms with Gasteiger partial charge < -0.3 is 4.74 Å². The van der Waals surface area contributed by atoms with E-state index in [1.807, 2.05) is 0 Å². The third-order valence-corrected chi connectivity index (χ3v) is 1.54. The lowest BCUT2D eigenvalue weighted by Crippen LogP contribution is -2.25.